The van der Waals surface area contributed by atoms with Crippen molar-refractivity contribution in [3.8, 4) is 5.75 Å². The first kappa shape index (κ1) is 15.4. The largest absolute Gasteiger partial charge is 0.497 e. The molecule has 0 fully saturated rings. The number of hydrogen-bond donors (Lipinski definition) is 1. The third-order valence-corrected chi connectivity index (χ3v) is 4.05. The second kappa shape index (κ2) is 7.11. The molecule has 0 aromatic heterocycles. The van der Waals surface area contributed by atoms with E-state index in [4.69, 9.17) is 16.3 Å². The average Bonchev–Trinajstić information content (AvgIpc) is 2.46. The molecule has 0 bridgehead atoms. The normalized spacial score (nSPS) is 12.2. The molecule has 1 atom stereocenters. The van der Waals surface area contributed by atoms with Gasteiger partial charge in [-0.3, -0.25) is 0 Å². The molecule has 20 heavy (non-hydrogen) atoms. The van der Waals surface area contributed by atoms with Crippen LogP contribution in [0.15, 0.2) is 46.9 Å². The second-order valence-electron chi connectivity index (χ2n) is 4.61. The maximum atomic E-state index is 6.22. The van der Waals surface area contributed by atoms with E-state index in [9.17, 15) is 0 Å². The zero-order valence-electron chi connectivity index (χ0n) is 11.5. The molecule has 2 aromatic carbocycles. The summed E-state index contributed by atoms with van der Waals surface area (Å²) in [5, 5.41) is 4.24. The molecule has 4 heteroatoms. The van der Waals surface area contributed by atoms with Crippen LogP contribution in [0.25, 0.3) is 0 Å². The van der Waals surface area contributed by atoms with E-state index in [1.165, 1.54) is 5.56 Å². The first-order valence-electron chi connectivity index (χ1n) is 6.41. The smallest absolute Gasteiger partial charge is 0.119 e. The lowest BCUT2D eigenvalue weighted by molar-refractivity contribution is 0.413. The molecule has 1 N–H and O–H groups in total. The van der Waals surface area contributed by atoms with E-state index >= 15 is 0 Å². The Morgan fingerprint density at radius 2 is 2.05 bits per heavy atom. The molecule has 0 amide bonds. The summed E-state index contributed by atoms with van der Waals surface area (Å²) in [5.41, 5.74) is 2.28. The summed E-state index contributed by atoms with van der Waals surface area (Å²) in [7, 11) is 1.68. The van der Waals surface area contributed by atoms with Crippen molar-refractivity contribution in [2.45, 2.75) is 19.5 Å². The van der Waals surface area contributed by atoms with Crippen LogP contribution in [0.3, 0.4) is 0 Å². The van der Waals surface area contributed by atoms with E-state index in [-0.39, 0.29) is 6.04 Å². The molecule has 2 aromatic rings. The maximum Gasteiger partial charge on any atom is 0.119 e. The number of ether oxygens (including phenoxy) is 1. The van der Waals surface area contributed by atoms with Crippen molar-refractivity contribution in [1.82, 2.24) is 5.32 Å². The topological polar surface area (TPSA) is 21.3 Å². The lowest BCUT2D eigenvalue weighted by atomic mass is 10.1. The van der Waals surface area contributed by atoms with Crippen LogP contribution in [0.1, 0.15) is 24.1 Å². The van der Waals surface area contributed by atoms with Crippen LogP contribution in [0.4, 0.5) is 0 Å². The summed E-state index contributed by atoms with van der Waals surface area (Å²) in [6.45, 7) is 2.85. The molecule has 0 aliphatic heterocycles. The van der Waals surface area contributed by atoms with Gasteiger partial charge in [-0.2, -0.15) is 0 Å². The minimum atomic E-state index is 0.227. The molecule has 0 aliphatic rings. The molecular weight excluding hydrogens is 338 g/mol. The van der Waals surface area contributed by atoms with E-state index in [0.717, 1.165) is 27.4 Å². The number of rotatable bonds is 5. The molecular formula is C16H17BrClNO. The number of halogens is 2. The third kappa shape index (κ3) is 3.98. The zero-order valence-corrected chi connectivity index (χ0v) is 13.8. The SMILES string of the molecule is COc1cccc(C(C)NCc2ccc(Br)cc2Cl)c1. The van der Waals surface area contributed by atoms with Gasteiger partial charge >= 0.3 is 0 Å². The highest BCUT2D eigenvalue weighted by atomic mass is 79.9. The Kier molecular flexibility index (Phi) is 5.46. The van der Waals surface area contributed by atoms with Gasteiger partial charge in [0.05, 0.1) is 7.11 Å². The van der Waals surface area contributed by atoms with Gasteiger partial charge in [-0.15, -0.1) is 0 Å². The van der Waals surface area contributed by atoms with Crippen LogP contribution in [0.2, 0.25) is 5.02 Å². The van der Waals surface area contributed by atoms with Crippen molar-refractivity contribution in [2.24, 2.45) is 0 Å². The molecule has 1 unspecified atom stereocenters. The monoisotopic (exact) mass is 353 g/mol. The third-order valence-electron chi connectivity index (χ3n) is 3.21. The van der Waals surface area contributed by atoms with Crippen LogP contribution in [0.5, 0.6) is 5.75 Å². The summed E-state index contributed by atoms with van der Waals surface area (Å²) in [6.07, 6.45) is 0. The summed E-state index contributed by atoms with van der Waals surface area (Å²) in [4.78, 5) is 0. The zero-order chi connectivity index (χ0) is 14.5. The van der Waals surface area contributed by atoms with Crippen molar-refractivity contribution in [3.63, 3.8) is 0 Å². The Labute approximate surface area is 133 Å². The number of nitrogens with one attached hydrogen (secondary N) is 1. The van der Waals surface area contributed by atoms with Crippen LogP contribution in [-0.2, 0) is 6.54 Å². The molecule has 0 radical (unpaired) electrons. The van der Waals surface area contributed by atoms with Gasteiger partial charge in [0, 0.05) is 22.1 Å². The highest BCUT2D eigenvalue weighted by Crippen LogP contribution is 2.23. The van der Waals surface area contributed by atoms with Crippen molar-refractivity contribution in [1.29, 1.82) is 0 Å². The summed E-state index contributed by atoms with van der Waals surface area (Å²) < 4.78 is 6.24. The maximum absolute atomic E-state index is 6.22. The summed E-state index contributed by atoms with van der Waals surface area (Å²) in [6, 6.07) is 14.2. The van der Waals surface area contributed by atoms with Gasteiger partial charge in [-0.1, -0.05) is 45.7 Å². The number of benzene rings is 2. The first-order valence-corrected chi connectivity index (χ1v) is 7.58. The Morgan fingerprint density at radius 3 is 2.75 bits per heavy atom. The molecule has 0 aliphatic carbocycles. The predicted molar refractivity (Wildman–Crippen MR) is 87.4 cm³/mol. The van der Waals surface area contributed by atoms with E-state index in [0.29, 0.717) is 0 Å². The second-order valence-corrected chi connectivity index (χ2v) is 5.94. The van der Waals surface area contributed by atoms with Crippen LogP contribution >= 0.6 is 27.5 Å². The quantitative estimate of drug-likeness (QED) is 0.819. The molecule has 0 saturated carbocycles. The van der Waals surface area contributed by atoms with Gasteiger partial charge in [-0.05, 0) is 42.3 Å². The van der Waals surface area contributed by atoms with Crippen molar-refractivity contribution < 1.29 is 4.74 Å². The Balaban J connectivity index is 2.02. The molecule has 0 saturated heterocycles. The van der Waals surface area contributed by atoms with Gasteiger partial charge in [0.15, 0.2) is 0 Å². The molecule has 0 heterocycles. The number of methoxy groups -OCH3 is 1. The Hall–Kier alpha value is -1.03. The standard InChI is InChI=1S/C16H17BrClNO/c1-11(12-4-3-5-15(8-12)20-2)19-10-13-6-7-14(17)9-16(13)18/h3-9,11,19H,10H2,1-2H3. The van der Waals surface area contributed by atoms with Gasteiger partial charge in [0.1, 0.15) is 5.75 Å². The fourth-order valence-electron chi connectivity index (χ4n) is 1.96. The average molecular weight is 355 g/mol. The molecule has 106 valence electrons. The van der Waals surface area contributed by atoms with E-state index in [1.807, 2.05) is 36.4 Å². The van der Waals surface area contributed by atoms with Crippen molar-refractivity contribution in [3.05, 3.63) is 63.1 Å². The van der Waals surface area contributed by atoms with Gasteiger partial charge in [-0.25, -0.2) is 0 Å². The van der Waals surface area contributed by atoms with Crippen LogP contribution in [-0.4, -0.2) is 7.11 Å². The summed E-state index contributed by atoms with van der Waals surface area (Å²) >= 11 is 9.63. The highest BCUT2D eigenvalue weighted by Gasteiger charge is 2.07. The van der Waals surface area contributed by atoms with Crippen molar-refractivity contribution >= 4 is 27.5 Å². The number of hydrogen-bond acceptors (Lipinski definition) is 2. The fourth-order valence-corrected chi connectivity index (χ4v) is 2.70. The summed E-state index contributed by atoms with van der Waals surface area (Å²) in [5.74, 6) is 0.873. The Bertz CT molecular complexity index is 588. The Morgan fingerprint density at radius 1 is 1.25 bits per heavy atom. The minimum absolute atomic E-state index is 0.227. The first-order chi connectivity index (χ1) is 9.60. The highest BCUT2D eigenvalue weighted by molar-refractivity contribution is 9.10. The van der Waals surface area contributed by atoms with Gasteiger partial charge < -0.3 is 10.1 Å². The van der Waals surface area contributed by atoms with Gasteiger partial charge in [0.2, 0.25) is 0 Å². The van der Waals surface area contributed by atoms with Crippen LogP contribution in [0, 0.1) is 0 Å². The molecule has 2 rings (SSSR count). The lowest BCUT2D eigenvalue weighted by Crippen LogP contribution is -2.18. The van der Waals surface area contributed by atoms with E-state index in [1.54, 1.807) is 7.11 Å². The van der Waals surface area contributed by atoms with E-state index < -0.39 is 0 Å². The van der Waals surface area contributed by atoms with Gasteiger partial charge in [0.25, 0.3) is 0 Å². The minimum Gasteiger partial charge on any atom is -0.497 e. The molecule has 2 nitrogen and oxygen atoms in total. The van der Waals surface area contributed by atoms with Crippen molar-refractivity contribution in [2.75, 3.05) is 7.11 Å². The fraction of sp³-hybridized carbons (Fsp3) is 0.250. The van der Waals surface area contributed by atoms with E-state index in [2.05, 4.69) is 34.2 Å². The lowest BCUT2D eigenvalue weighted by Gasteiger charge is -2.16. The van der Waals surface area contributed by atoms with Crippen LogP contribution < -0.4 is 10.1 Å². The molecule has 0 spiro atoms. The predicted octanol–water partition coefficient (Wildman–Crippen LogP) is 4.96.